The highest BCUT2D eigenvalue weighted by atomic mass is 16.5. The highest BCUT2D eigenvalue weighted by molar-refractivity contribution is 5.80. The van der Waals surface area contributed by atoms with Gasteiger partial charge in [0.2, 0.25) is 5.91 Å². The lowest BCUT2D eigenvalue weighted by Crippen LogP contribution is -2.32. The van der Waals surface area contributed by atoms with Crippen LogP contribution in [0.1, 0.15) is 20.8 Å². The Bertz CT molecular complexity index is 380. The topological polar surface area (TPSA) is 63.2 Å². The highest BCUT2D eigenvalue weighted by Crippen LogP contribution is 2.20. The molecule has 0 aliphatic carbocycles. The van der Waals surface area contributed by atoms with E-state index in [1.165, 1.54) is 0 Å². The van der Waals surface area contributed by atoms with Crippen molar-refractivity contribution < 1.29 is 9.53 Å². The minimum atomic E-state index is -0.0446. The van der Waals surface area contributed by atoms with E-state index in [0.29, 0.717) is 30.6 Å². The van der Waals surface area contributed by atoms with Crippen molar-refractivity contribution in [3.63, 3.8) is 0 Å². The van der Waals surface area contributed by atoms with Crippen LogP contribution in [-0.2, 0) is 4.79 Å². The second-order valence-electron chi connectivity index (χ2n) is 4.33. The molecule has 0 saturated heterocycles. The van der Waals surface area contributed by atoms with E-state index in [9.17, 15) is 4.79 Å². The van der Waals surface area contributed by atoms with Gasteiger partial charge in [-0.05, 0) is 25.0 Å². The molecule has 2 N–H and O–H groups in total. The fourth-order valence-corrected chi connectivity index (χ4v) is 1.34. The Morgan fingerprint density at radius 3 is 2.94 bits per heavy atom. The van der Waals surface area contributed by atoms with Gasteiger partial charge in [-0.3, -0.25) is 4.79 Å². The van der Waals surface area contributed by atoms with E-state index >= 15 is 0 Å². The van der Waals surface area contributed by atoms with Gasteiger partial charge in [0.05, 0.1) is 13.2 Å². The summed E-state index contributed by atoms with van der Waals surface area (Å²) in [7, 11) is 0. The predicted octanol–water partition coefficient (Wildman–Crippen LogP) is 1.66. The van der Waals surface area contributed by atoms with Crippen molar-refractivity contribution in [2.45, 2.75) is 20.8 Å². The summed E-state index contributed by atoms with van der Waals surface area (Å²) in [6.45, 7) is 7.47. The van der Waals surface area contributed by atoms with Crippen molar-refractivity contribution in [2.75, 3.05) is 25.0 Å². The fraction of sp³-hybridized carbons (Fsp3) is 0.538. The molecule has 0 fully saturated rings. The van der Waals surface area contributed by atoms with Crippen molar-refractivity contribution in [3.8, 4) is 5.75 Å². The van der Waals surface area contributed by atoms with Crippen LogP contribution in [0.15, 0.2) is 18.3 Å². The Morgan fingerprint density at radius 1 is 1.50 bits per heavy atom. The summed E-state index contributed by atoms with van der Waals surface area (Å²) in [4.78, 5) is 15.7. The summed E-state index contributed by atoms with van der Waals surface area (Å²) in [5.74, 6) is 1.66. The third-order valence-corrected chi connectivity index (χ3v) is 2.19. The molecule has 0 unspecified atom stereocenters. The number of rotatable bonds is 7. The van der Waals surface area contributed by atoms with Gasteiger partial charge in [0.1, 0.15) is 0 Å². The third kappa shape index (κ3) is 5.03. The minimum absolute atomic E-state index is 0.0446. The second kappa shape index (κ2) is 7.53. The average molecular weight is 251 g/mol. The smallest absolute Gasteiger partial charge is 0.239 e. The van der Waals surface area contributed by atoms with Crippen molar-refractivity contribution in [1.82, 2.24) is 10.3 Å². The summed E-state index contributed by atoms with van der Waals surface area (Å²) in [6, 6.07) is 3.62. The van der Waals surface area contributed by atoms with Crippen LogP contribution in [-0.4, -0.2) is 30.6 Å². The maximum absolute atomic E-state index is 11.5. The van der Waals surface area contributed by atoms with Gasteiger partial charge in [-0.1, -0.05) is 13.8 Å². The molecule has 0 bridgehead atoms. The summed E-state index contributed by atoms with van der Waals surface area (Å²) >= 11 is 0. The number of hydrogen-bond acceptors (Lipinski definition) is 4. The zero-order valence-electron chi connectivity index (χ0n) is 11.2. The Balaban J connectivity index is 2.45. The van der Waals surface area contributed by atoms with E-state index in [-0.39, 0.29) is 12.5 Å². The lowest BCUT2D eigenvalue weighted by Gasteiger charge is -2.11. The second-order valence-corrected chi connectivity index (χ2v) is 4.33. The molecule has 1 rings (SSSR count). The molecule has 0 aliphatic heterocycles. The van der Waals surface area contributed by atoms with E-state index in [2.05, 4.69) is 29.5 Å². The summed E-state index contributed by atoms with van der Waals surface area (Å²) in [6.07, 6.45) is 1.66. The van der Waals surface area contributed by atoms with Gasteiger partial charge in [-0.2, -0.15) is 0 Å². The first-order chi connectivity index (χ1) is 8.63. The maximum atomic E-state index is 11.5. The zero-order chi connectivity index (χ0) is 13.4. The molecule has 18 heavy (non-hydrogen) atoms. The van der Waals surface area contributed by atoms with Crippen LogP contribution in [0.4, 0.5) is 5.82 Å². The number of carbonyl (C=O) groups excluding carboxylic acids is 1. The van der Waals surface area contributed by atoms with Gasteiger partial charge in [-0.25, -0.2) is 4.98 Å². The Morgan fingerprint density at radius 2 is 2.28 bits per heavy atom. The minimum Gasteiger partial charge on any atom is -0.490 e. The lowest BCUT2D eigenvalue weighted by atomic mass is 10.2. The zero-order valence-corrected chi connectivity index (χ0v) is 11.2. The molecule has 1 heterocycles. The summed E-state index contributed by atoms with van der Waals surface area (Å²) in [5.41, 5.74) is 0. The molecule has 5 nitrogen and oxygen atoms in total. The molecule has 0 saturated carbocycles. The standard InChI is InChI=1S/C13H21N3O2/c1-4-18-11-6-5-7-14-13(11)16-9-12(17)15-8-10(2)3/h5-7,10H,4,8-9H2,1-3H3,(H,14,16)(H,15,17). The lowest BCUT2D eigenvalue weighted by molar-refractivity contribution is -0.119. The maximum Gasteiger partial charge on any atom is 0.239 e. The Kier molecular flexibility index (Phi) is 5.97. The quantitative estimate of drug-likeness (QED) is 0.773. The van der Waals surface area contributed by atoms with Crippen molar-refractivity contribution >= 4 is 11.7 Å². The number of ether oxygens (including phenoxy) is 1. The van der Waals surface area contributed by atoms with Gasteiger partial charge < -0.3 is 15.4 Å². The van der Waals surface area contributed by atoms with Crippen LogP contribution in [0, 0.1) is 5.92 Å². The molecule has 0 spiro atoms. The molecule has 0 aromatic carbocycles. The van der Waals surface area contributed by atoms with Crippen molar-refractivity contribution in [1.29, 1.82) is 0 Å². The molecule has 0 aliphatic rings. The number of anilines is 1. The average Bonchev–Trinajstić information content (AvgIpc) is 2.35. The van der Waals surface area contributed by atoms with Crippen LogP contribution in [0.2, 0.25) is 0 Å². The molecule has 1 aromatic heterocycles. The number of pyridine rings is 1. The largest absolute Gasteiger partial charge is 0.490 e. The molecule has 0 radical (unpaired) electrons. The first-order valence-corrected chi connectivity index (χ1v) is 6.21. The van der Waals surface area contributed by atoms with E-state index in [1.807, 2.05) is 13.0 Å². The molecule has 1 aromatic rings. The highest BCUT2D eigenvalue weighted by Gasteiger charge is 2.06. The van der Waals surface area contributed by atoms with Crippen LogP contribution in [0.5, 0.6) is 5.75 Å². The predicted molar refractivity (Wildman–Crippen MR) is 71.7 cm³/mol. The molecule has 100 valence electrons. The number of nitrogens with one attached hydrogen (secondary N) is 2. The molecule has 5 heteroatoms. The Labute approximate surface area is 108 Å². The van der Waals surface area contributed by atoms with Gasteiger partial charge in [0, 0.05) is 12.7 Å². The SMILES string of the molecule is CCOc1cccnc1NCC(=O)NCC(C)C. The molecule has 1 amide bonds. The number of carbonyl (C=O) groups is 1. The molecular weight excluding hydrogens is 230 g/mol. The van der Waals surface area contributed by atoms with Gasteiger partial charge in [0.15, 0.2) is 11.6 Å². The monoisotopic (exact) mass is 251 g/mol. The molecular formula is C13H21N3O2. The van der Waals surface area contributed by atoms with E-state index < -0.39 is 0 Å². The normalized spacial score (nSPS) is 10.2. The number of aromatic nitrogens is 1. The van der Waals surface area contributed by atoms with E-state index in [1.54, 1.807) is 12.3 Å². The van der Waals surface area contributed by atoms with Gasteiger partial charge in [-0.15, -0.1) is 0 Å². The van der Waals surface area contributed by atoms with Gasteiger partial charge >= 0.3 is 0 Å². The van der Waals surface area contributed by atoms with Crippen LogP contribution in [0.25, 0.3) is 0 Å². The third-order valence-electron chi connectivity index (χ3n) is 2.19. The fourth-order valence-electron chi connectivity index (χ4n) is 1.34. The van der Waals surface area contributed by atoms with Crippen molar-refractivity contribution in [3.05, 3.63) is 18.3 Å². The van der Waals surface area contributed by atoms with E-state index in [4.69, 9.17) is 4.74 Å². The van der Waals surface area contributed by atoms with Crippen molar-refractivity contribution in [2.24, 2.45) is 5.92 Å². The van der Waals surface area contributed by atoms with E-state index in [0.717, 1.165) is 0 Å². The first kappa shape index (κ1) is 14.3. The number of hydrogen-bond donors (Lipinski definition) is 2. The summed E-state index contributed by atoms with van der Waals surface area (Å²) in [5, 5.41) is 5.81. The Hall–Kier alpha value is -1.78. The van der Waals surface area contributed by atoms with Gasteiger partial charge in [0.25, 0.3) is 0 Å². The summed E-state index contributed by atoms with van der Waals surface area (Å²) < 4.78 is 5.41. The van der Waals surface area contributed by atoms with Crippen LogP contribution >= 0.6 is 0 Å². The number of amides is 1. The first-order valence-electron chi connectivity index (χ1n) is 6.21. The number of nitrogens with zero attached hydrogens (tertiary/aromatic N) is 1. The molecule has 0 atom stereocenters. The van der Waals surface area contributed by atoms with Crippen LogP contribution < -0.4 is 15.4 Å². The van der Waals surface area contributed by atoms with Crippen LogP contribution in [0.3, 0.4) is 0 Å².